The number of aromatic amines is 1. The Hall–Kier alpha value is -2.05. The molecule has 0 aliphatic rings. The quantitative estimate of drug-likeness (QED) is 0.697. The maximum absolute atomic E-state index is 12.9. The van der Waals surface area contributed by atoms with Gasteiger partial charge in [-0.05, 0) is 12.0 Å². The minimum absolute atomic E-state index is 0.192. The maximum Gasteiger partial charge on any atom is 0.426 e. The summed E-state index contributed by atoms with van der Waals surface area (Å²) < 4.78 is 17.7. The zero-order chi connectivity index (χ0) is 12.8. The second-order valence-corrected chi connectivity index (χ2v) is 3.77. The number of H-pyrrole nitrogens is 1. The molecule has 0 aliphatic heterocycles. The van der Waals surface area contributed by atoms with Gasteiger partial charge in [0.2, 0.25) is 0 Å². The summed E-state index contributed by atoms with van der Waals surface area (Å²) >= 11 is 0. The minimum atomic E-state index is -0.793. The number of hydrogen-bond donors (Lipinski definition) is 3. The normalized spacial score (nSPS) is 10.1. The van der Waals surface area contributed by atoms with Crippen LogP contribution in [-0.2, 0) is 4.74 Å². The smallest absolute Gasteiger partial charge is 0.426 e. The van der Waals surface area contributed by atoms with Crippen molar-refractivity contribution < 1.29 is 18.7 Å². The fourth-order valence-corrected chi connectivity index (χ4v) is 0.973. The Morgan fingerprint density at radius 3 is 2.71 bits per heavy atom. The molecule has 0 aromatic carbocycles. The molecule has 0 radical (unpaired) electrons. The number of hydrogen-bond acceptors (Lipinski definition) is 3. The van der Waals surface area contributed by atoms with Crippen molar-refractivity contribution in [2.45, 2.75) is 13.8 Å². The molecule has 0 saturated carbocycles. The van der Waals surface area contributed by atoms with Gasteiger partial charge in [0.15, 0.2) is 5.82 Å². The molecular weight excluding hydrogens is 229 g/mol. The lowest BCUT2D eigenvalue weighted by atomic mass is 10.2. The zero-order valence-corrected chi connectivity index (χ0v) is 9.54. The second kappa shape index (κ2) is 5.88. The number of ether oxygens (including phenoxy) is 1. The number of aromatic nitrogens is 1. The molecule has 6 nitrogen and oxygen atoms in total. The first kappa shape index (κ1) is 13.0. The highest BCUT2D eigenvalue weighted by Gasteiger charge is 2.13. The summed E-state index contributed by atoms with van der Waals surface area (Å²) in [4.78, 5) is 24.8. The number of amides is 2. The third kappa shape index (κ3) is 4.13. The van der Waals surface area contributed by atoms with Gasteiger partial charge in [0.1, 0.15) is 5.69 Å². The molecule has 1 aromatic heterocycles. The van der Waals surface area contributed by atoms with Crippen molar-refractivity contribution in [2.24, 2.45) is 5.92 Å². The van der Waals surface area contributed by atoms with Crippen molar-refractivity contribution in [3.63, 3.8) is 0 Å². The summed E-state index contributed by atoms with van der Waals surface area (Å²) in [6, 6.07) is 1.10. The van der Waals surface area contributed by atoms with E-state index in [1.165, 1.54) is 6.20 Å². The van der Waals surface area contributed by atoms with Crippen LogP contribution in [0.4, 0.5) is 9.18 Å². The Labute approximate surface area is 97.5 Å². The van der Waals surface area contributed by atoms with Crippen LogP contribution in [0.25, 0.3) is 0 Å². The predicted molar refractivity (Wildman–Crippen MR) is 57.5 cm³/mol. The van der Waals surface area contributed by atoms with Gasteiger partial charge in [0, 0.05) is 6.20 Å². The first-order valence-electron chi connectivity index (χ1n) is 5.06. The van der Waals surface area contributed by atoms with Crippen molar-refractivity contribution in [1.82, 2.24) is 15.8 Å². The maximum atomic E-state index is 12.9. The van der Waals surface area contributed by atoms with Crippen molar-refractivity contribution in [1.29, 1.82) is 0 Å². The molecular formula is C10H14FN3O3. The Morgan fingerprint density at radius 2 is 2.18 bits per heavy atom. The van der Waals surface area contributed by atoms with Gasteiger partial charge in [-0.15, -0.1) is 0 Å². The minimum Gasteiger partial charge on any atom is -0.448 e. The highest BCUT2D eigenvalue weighted by Crippen LogP contribution is 2.02. The molecule has 17 heavy (non-hydrogen) atoms. The number of hydrazine groups is 1. The van der Waals surface area contributed by atoms with Crippen LogP contribution in [-0.4, -0.2) is 23.6 Å². The molecule has 3 N–H and O–H groups in total. The predicted octanol–water partition coefficient (Wildman–Crippen LogP) is 1.18. The molecule has 1 heterocycles. The molecule has 0 atom stereocenters. The largest absolute Gasteiger partial charge is 0.448 e. The molecule has 0 bridgehead atoms. The summed E-state index contributed by atoms with van der Waals surface area (Å²) in [5, 5.41) is 0. The van der Waals surface area contributed by atoms with Crippen molar-refractivity contribution in [3.05, 3.63) is 23.8 Å². The zero-order valence-electron chi connectivity index (χ0n) is 9.54. The number of halogens is 1. The SMILES string of the molecule is CC(C)COC(=O)NNC(=O)c1[nH]ccc1F. The average molecular weight is 243 g/mol. The molecule has 0 saturated heterocycles. The fourth-order valence-electron chi connectivity index (χ4n) is 0.973. The van der Waals surface area contributed by atoms with Gasteiger partial charge in [0.05, 0.1) is 6.61 Å². The van der Waals surface area contributed by atoms with E-state index in [1.54, 1.807) is 0 Å². The van der Waals surface area contributed by atoms with Gasteiger partial charge >= 0.3 is 6.09 Å². The second-order valence-electron chi connectivity index (χ2n) is 3.77. The van der Waals surface area contributed by atoms with E-state index in [4.69, 9.17) is 4.74 Å². The van der Waals surface area contributed by atoms with Crippen LogP contribution in [0.2, 0.25) is 0 Å². The number of nitrogens with one attached hydrogen (secondary N) is 3. The summed E-state index contributed by atoms with van der Waals surface area (Å²) in [5.41, 5.74) is 3.77. The van der Waals surface area contributed by atoms with E-state index < -0.39 is 17.8 Å². The summed E-state index contributed by atoms with van der Waals surface area (Å²) in [6.45, 7) is 3.99. The van der Waals surface area contributed by atoms with Gasteiger partial charge in [0.25, 0.3) is 5.91 Å². The first-order chi connectivity index (χ1) is 8.00. The molecule has 2 amide bonds. The lowest BCUT2D eigenvalue weighted by molar-refractivity contribution is 0.0893. The van der Waals surface area contributed by atoms with E-state index in [-0.39, 0.29) is 18.2 Å². The summed E-state index contributed by atoms with van der Waals surface area (Å²) in [7, 11) is 0. The molecule has 1 rings (SSSR count). The molecule has 7 heteroatoms. The number of carbonyl (C=O) groups is 2. The molecule has 1 aromatic rings. The van der Waals surface area contributed by atoms with Crippen LogP contribution in [0.15, 0.2) is 12.3 Å². The van der Waals surface area contributed by atoms with E-state index in [1.807, 2.05) is 24.7 Å². The number of rotatable bonds is 3. The van der Waals surface area contributed by atoms with Crippen LogP contribution in [0, 0.1) is 11.7 Å². The van der Waals surface area contributed by atoms with Crippen molar-refractivity contribution in [3.8, 4) is 0 Å². The Balaban J connectivity index is 2.34. The van der Waals surface area contributed by atoms with Gasteiger partial charge in [-0.25, -0.2) is 14.6 Å². The highest BCUT2D eigenvalue weighted by molar-refractivity contribution is 5.93. The summed E-state index contributed by atoms with van der Waals surface area (Å²) in [5.74, 6) is -1.29. The van der Waals surface area contributed by atoms with Crippen LogP contribution in [0.5, 0.6) is 0 Å². The topological polar surface area (TPSA) is 83.2 Å². The third-order valence-corrected chi connectivity index (χ3v) is 1.75. The summed E-state index contributed by atoms with van der Waals surface area (Å²) in [6.07, 6.45) is 0.487. The van der Waals surface area contributed by atoms with E-state index in [2.05, 4.69) is 4.98 Å². The standard InChI is InChI=1S/C10H14FN3O3/c1-6(2)5-17-10(16)14-13-9(15)8-7(11)3-4-12-8/h3-4,6,12H,5H2,1-2H3,(H,13,15)(H,14,16). The molecule has 94 valence electrons. The van der Waals surface area contributed by atoms with E-state index in [9.17, 15) is 14.0 Å². The molecule has 0 spiro atoms. The van der Waals surface area contributed by atoms with Crippen LogP contribution >= 0.6 is 0 Å². The van der Waals surface area contributed by atoms with Crippen LogP contribution < -0.4 is 10.9 Å². The van der Waals surface area contributed by atoms with Crippen molar-refractivity contribution >= 4 is 12.0 Å². The molecule has 0 unspecified atom stereocenters. The van der Waals surface area contributed by atoms with Crippen molar-refractivity contribution in [2.75, 3.05) is 6.61 Å². The van der Waals surface area contributed by atoms with Crippen LogP contribution in [0.3, 0.4) is 0 Å². The molecule has 0 aliphatic carbocycles. The Morgan fingerprint density at radius 1 is 1.47 bits per heavy atom. The van der Waals surface area contributed by atoms with E-state index in [0.717, 1.165) is 6.07 Å². The highest BCUT2D eigenvalue weighted by atomic mass is 19.1. The Bertz CT molecular complexity index is 403. The van der Waals surface area contributed by atoms with Gasteiger partial charge < -0.3 is 9.72 Å². The van der Waals surface area contributed by atoms with Crippen LogP contribution in [0.1, 0.15) is 24.3 Å². The fraction of sp³-hybridized carbons (Fsp3) is 0.400. The van der Waals surface area contributed by atoms with Gasteiger partial charge in [-0.2, -0.15) is 0 Å². The lowest BCUT2D eigenvalue weighted by Crippen LogP contribution is -2.42. The monoisotopic (exact) mass is 243 g/mol. The van der Waals surface area contributed by atoms with E-state index in [0.29, 0.717) is 0 Å². The van der Waals surface area contributed by atoms with Gasteiger partial charge in [-0.1, -0.05) is 13.8 Å². The lowest BCUT2D eigenvalue weighted by Gasteiger charge is -2.09. The Kier molecular flexibility index (Phi) is 4.50. The van der Waals surface area contributed by atoms with Gasteiger partial charge in [-0.3, -0.25) is 10.2 Å². The number of carbonyl (C=O) groups excluding carboxylic acids is 2. The van der Waals surface area contributed by atoms with E-state index >= 15 is 0 Å². The first-order valence-corrected chi connectivity index (χ1v) is 5.06. The third-order valence-electron chi connectivity index (χ3n) is 1.75. The molecule has 0 fully saturated rings. The average Bonchev–Trinajstić information content (AvgIpc) is 2.69.